The van der Waals surface area contributed by atoms with Gasteiger partial charge in [0.05, 0.1) is 0 Å². The van der Waals surface area contributed by atoms with Gasteiger partial charge in [0, 0.05) is 18.3 Å². The van der Waals surface area contributed by atoms with Crippen molar-refractivity contribution in [3.63, 3.8) is 0 Å². The minimum atomic E-state index is 0.177. The Labute approximate surface area is 159 Å². The van der Waals surface area contributed by atoms with Crippen molar-refractivity contribution in [1.82, 2.24) is 4.90 Å². The number of carbonyl (C=O) groups excluding carboxylic acids is 1. The van der Waals surface area contributed by atoms with E-state index in [1.54, 1.807) is 0 Å². The highest BCUT2D eigenvalue weighted by atomic mass is 16.1. The maximum atomic E-state index is 12.0. The number of hydrogen-bond acceptors (Lipinski definition) is 2. The molecule has 2 nitrogen and oxygen atoms in total. The van der Waals surface area contributed by atoms with E-state index in [9.17, 15) is 4.79 Å². The average molecular weight is 352 g/mol. The predicted molar refractivity (Wildman–Crippen MR) is 111 cm³/mol. The molecule has 0 N–H and O–H groups in total. The van der Waals surface area contributed by atoms with Crippen molar-refractivity contribution in [2.45, 2.75) is 45.4 Å². The molecule has 0 aliphatic rings. The largest absolute Gasteiger partial charge is 0.306 e. The highest BCUT2D eigenvalue weighted by molar-refractivity contribution is 5.80. The maximum absolute atomic E-state index is 12.0. The van der Waals surface area contributed by atoms with Crippen molar-refractivity contribution in [3.8, 4) is 0 Å². The molecule has 140 valence electrons. The molecule has 0 spiro atoms. The first kappa shape index (κ1) is 20.4. The Morgan fingerprint density at radius 1 is 0.885 bits per heavy atom. The fraction of sp³-hybridized carbons (Fsp3) is 0.458. The Kier molecular flexibility index (Phi) is 8.57. The lowest BCUT2D eigenvalue weighted by Gasteiger charge is -2.23. The van der Waals surface area contributed by atoms with Gasteiger partial charge in [0.25, 0.3) is 0 Å². The van der Waals surface area contributed by atoms with Gasteiger partial charge in [-0.1, -0.05) is 74.5 Å². The minimum absolute atomic E-state index is 0.177. The third kappa shape index (κ3) is 6.42. The third-order valence-corrected chi connectivity index (χ3v) is 5.19. The summed E-state index contributed by atoms with van der Waals surface area (Å²) in [6, 6.07) is 21.5. The first-order valence-electron chi connectivity index (χ1n) is 9.93. The number of nitrogens with zero attached hydrogens (tertiary/aromatic N) is 1. The van der Waals surface area contributed by atoms with Gasteiger partial charge in [0.15, 0.2) is 0 Å². The summed E-state index contributed by atoms with van der Waals surface area (Å²) < 4.78 is 0. The standard InChI is InChI=1S/C24H33NO/c1-4-11-24(26)20(2)16-18-25(3)19-17-23(21-12-7-5-8-13-21)22-14-9-6-10-15-22/h5-10,12-15,20,23H,4,11,16-19H2,1-3H3. The lowest BCUT2D eigenvalue weighted by atomic mass is 9.88. The van der Waals surface area contributed by atoms with Crippen LogP contribution in [0.2, 0.25) is 0 Å². The summed E-state index contributed by atoms with van der Waals surface area (Å²) in [5.41, 5.74) is 2.75. The van der Waals surface area contributed by atoms with E-state index in [2.05, 4.69) is 86.5 Å². The molecule has 0 saturated heterocycles. The number of ketones is 1. The van der Waals surface area contributed by atoms with E-state index in [4.69, 9.17) is 0 Å². The van der Waals surface area contributed by atoms with Crippen LogP contribution < -0.4 is 0 Å². The Hall–Kier alpha value is -1.93. The van der Waals surface area contributed by atoms with E-state index < -0.39 is 0 Å². The van der Waals surface area contributed by atoms with Gasteiger partial charge in [-0.2, -0.15) is 0 Å². The van der Waals surface area contributed by atoms with Gasteiger partial charge in [-0.05, 0) is 50.5 Å². The second-order valence-electron chi connectivity index (χ2n) is 7.37. The van der Waals surface area contributed by atoms with Crippen LogP contribution >= 0.6 is 0 Å². The van der Waals surface area contributed by atoms with E-state index in [1.165, 1.54) is 11.1 Å². The summed E-state index contributed by atoms with van der Waals surface area (Å²) in [6.07, 6.45) is 3.71. The molecule has 2 aromatic carbocycles. The molecular weight excluding hydrogens is 318 g/mol. The first-order chi connectivity index (χ1) is 12.6. The molecule has 2 rings (SSSR count). The Bertz CT molecular complexity index is 598. The summed E-state index contributed by atoms with van der Waals surface area (Å²) in [7, 11) is 2.17. The normalized spacial score (nSPS) is 12.5. The molecule has 0 amide bonds. The molecule has 0 saturated carbocycles. The number of rotatable bonds is 11. The van der Waals surface area contributed by atoms with Crippen LogP contribution in [0.3, 0.4) is 0 Å². The van der Waals surface area contributed by atoms with Gasteiger partial charge in [-0.3, -0.25) is 4.79 Å². The lowest BCUT2D eigenvalue weighted by Crippen LogP contribution is -2.25. The van der Waals surface area contributed by atoms with Gasteiger partial charge in [0.2, 0.25) is 0 Å². The molecule has 26 heavy (non-hydrogen) atoms. The number of benzene rings is 2. The predicted octanol–water partition coefficient (Wildman–Crippen LogP) is 5.54. The maximum Gasteiger partial charge on any atom is 0.135 e. The second-order valence-corrected chi connectivity index (χ2v) is 7.37. The summed E-state index contributed by atoms with van der Waals surface area (Å²) in [4.78, 5) is 14.3. The van der Waals surface area contributed by atoms with Crippen LogP contribution in [0.15, 0.2) is 60.7 Å². The first-order valence-corrected chi connectivity index (χ1v) is 9.93. The van der Waals surface area contributed by atoms with Crippen molar-refractivity contribution < 1.29 is 4.79 Å². The van der Waals surface area contributed by atoms with Crippen LogP contribution in [0.1, 0.15) is 56.6 Å². The van der Waals surface area contributed by atoms with Crippen molar-refractivity contribution in [3.05, 3.63) is 71.8 Å². The molecule has 2 aromatic rings. The van der Waals surface area contributed by atoms with Crippen LogP contribution in [-0.2, 0) is 4.79 Å². The summed E-state index contributed by atoms with van der Waals surface area (Å²) in [5.74, 6) is 1.00. The van der Waals surface area contributed by atoms with E-state index >= 15 is 0 Å². The van der Waals surface area contributed by atoms with Crippen LogP contribution in [0.25, 0.3) is 0 Å². The van der Waals surface area contributed by atoms with Gasteiger partial charge in [0.1, 0.15) is 5.78 Å². The van der Waals surface area contributed by atoms with Gasteiger partial charge < -0.3 is 4.90 Å². The SMILES string of the molecule is CCCC(=O)C(C)CCN(C)CCC(c1ccccc1)c1ccccc1. The minimum Gasteiger partial charge on any atom is -0.306 e. The molecule has 0 heterocycles. The number of Topliss-reactive ketones (excluding diaryl/α,β-unsaturated/α-hetero) is 1. The molecule has 0 aromatic heterocycles. The Balaban J connectivity index is 1.92. The van der Waals surface area contributed by atoms with E-state index in [-0.39, 0.29) is 5.92 Å². The van der Waals surface area contributed by atoms with Crippen molar-refractivity contribution in [1.29, 1.82) is 0 Å². The third-order valence-electron chi connectivity index (χ3n) is 5.19. The van der Waals surface area contributed by atoms with Gasteiger partial charge in [-0.15, -0.1) is 0 Å². The van der Waals surface area contributed by atoms with E-state index in [0.29, 0.717) is 11.7 Å². The molecule has 0 fully saturated rings. The summed E-state index contributed by atoms with van der Waals surface area (Å²) in [5, 5.41) is 0. The highest BCUT2D eigenvalue weighted by Crippen LogP contribution is 2.28. The molecule has 0 radical (unpaired) electrons. The Morgan fingerprint density at radius 2 is 1.38 bits per heavy atom. The second kappa shape index (κ2) is 10.9. The van der Waals surface area contributed by atoms with Crippen molar-refractivity contribution >= 4 is 5.78 Å². The van der Waals surface area contributed by atoms with Crippen LogP contribution in [0, 0.1) is 5.92 Å². The molecule has 2 heteroatoms. The average Bonchev–Trinajstić information content (AvgIpc) is 2.68. The molecule has 1 unspecified atom stereocenters. The quantitative estimate of drug-likeness (QED) is 0.530. The van der Waals surface area contributed by atoms with Gasteiger partial charge >= 0.3 is 0 Å². The topological polar surface area (TPSA) is 20.3 Å². The lowest BCUT2D eigenvalue weighted by molar-refractivity contribution is -0.122. The summed E-state index contributed by atoms with van der Waals surface area (Å²) in [6.45, 7) is 6.16. The fourth-order valence-electron chi connectivity index (χ4n) is 3.43. The van der Waals surface area contributed by atoms with Crippen LogP contribution in [-0.4, -0.2) is 30.8 Å². The molecule has 0 bridgehead atoms. The van der Waals surface area contributed by atoms with Crippen molar-refractivity contribution in [2.75, 3.05) is 20.1 Å². The molecule has 0 aliphatic heterocycles. The Morgan fingerprint density at radius 3 is 1.88 bits per heavy atom. The number of carbonyl (C=O) groups is 1. The summed E-state index contributed by atoms with van der Waals surface area (Å²) >= 11 is 0. The molecule has 0 aliphatic carbocycles. The smallest absolute Gasteiger partial charge is 0.135 e. The van der Waals surface area contributed by atoms with E-state index in [0.717, 1.165) is 38.8 Å². The molecule has 1 atom stereocenters. The zero-order valence-electron chi connectivity index (χ0n) is 16.5. The van der Waals surface area contributed by atoms with E-state index in [1.807, 2.05) is 0 Å². The zero-order chi connectivity index (χ0) is 18.8. The number of hydrogen-bond donors (Lipinski definition) is 0. The van der Waals surface area contributed by atoms with Gasteiger partial charge in [-0.25, -0.2) is 0 Å². The monoisotopic (exact) mass is 351 g/mol. The van der Waals surface area contributed by atoms with Crippen LogP contribution in [0.5, 0.6) is 0 Å². The zero-order valence-corrected chi connectivity index (χ0v) is 16.5. The fourth-order valence-corrected chi connectivity index (χ4v) is 3.43. The highest BCUT2D eigenvalue weighted by Gasteiger charge is 2.16. The van der Waals surface area contributed by atoms with Crippen LogP contribution in [0.4, 0.5) is 0 Å². The molecular formula is C24H33NO. The van der Waals surface area contributed by atoms with Crippen molar-refractivity contribution in [2.24, 2.45) is 5.92 Å².